The average Bonchev–Trinajstić information content (AvgIpc) is 2.56. The molecule has 0 aliphatic rings. The summed E-state index contributed by atoms with van der Waals surface area (Å²) in [7, 11) is -3.71. The van der Waals surface area contributed by atoms with E-state index in [2.05, 4.69) is 6.92 Å². The maximum absolute atomic E-state index is 12.5. The molecule has 3 nitrogen and oxygen atoms in total. The Morgan fingerprint density at radius 1 is 0.840 bits per heavy atom. The van der Waals surface area contributed by atoms with E-state index in [9.17, 15) is 13.5 Å². The summed E-state index contributed by atoms with van der Waals surface area (Å²) in [5, 5.41) is 9.98. The van der Waals surface area contributed by atoms with E-state index in [1.165, 1.54) is 65.2 Å². The van der Waals surface area contributed by atoms with Gasteiger partial charge in [0, 0.05) is 0 Å². The SMILES string of the molecule is CCCCCCCCCCCCc1ccccc1S(=O)(=O)C(C)(C)O. The van der Waals surface area contributed by atoms with E-state index in [0.29, 0.717) is 0 Å². The second kappa shape index (κ2) is 11.0. The van der Waals surface area contributed by atoms with Gasteiger partial charge in [0.25, 0.3) is 0 Å². The maximum atomic E-state index is 12.5. The number of sulfone groups is 1. The van der Waals surface area contributed by atoms with Crippen molar-refractivity contribution in [3.8, 4) is 0 Å². The first-order valence-corrected chi connectivity index (χ1v) is 11.3. The van der Waals surface area contributed by atoms with Gasteiger partial charge in [-0.25, -0.2) is 8.42 Å². The monoisotopic (exact) mass is 368 g/mol. The highest BCUT2D eigenvalue weighted by atomic mass is 32.2. The zero-order valence-electron chi connectivity index (χ0n) is 16.3. The van der Waals surface area contributed by atoms with Crippen LogP contribution in [-0.2, 0) is 16.3 Å². The lowest BCUT2D eigenvalue weighted by molar-refractivity contribution is 0.165. The Kier molecular flexibility index (Phi) is 9.73. The minimum Gasteiger partial charge on any atom is -0.374 e. The van der Waals surface area contributed by atoms with Crippen molar-refractivity contribution in [2.45, 2.75) is 101 Å². The first-order chi connectivity index (χ1) is 11.8. The summed E-state index contributed by atoms with van der Waals surface area (Å²) >= 11 is 0. The molecule has 0 saturated heterocycles. The van der Waals surface area contributed by atoms with Crippen molar-refractivity contribution in [2.75, 3.05) is 0 Å². The second-order valence-corrected chi connectivity index (χ2v) is 9.94. The van der Waals surface area contributed by atoms with E-state index in [4.69, 9.17) is 0 Å². The molecule has 144 valence electrons. The summed E-state index contributed by atoms with van der Waals surface area (Å²) in [4.78, 5) is -1.47. The van der Waals surface area contributed by atoms with Gasteiger partial charge >= 0.3 is 0 Å². The fourth-order valence-electron chi connectivity index (χ4n) is 3.04. The average molecular weight is 369 g/mol. The van der Waals surface area contributed by atoms with Gasteiger partial charge in [-0.15, -0.1) is 0 Å². The number of aliphatic hydroxyl groups is 1. The summed E-state index contributed by atoms with van der Waals surface area (Å²) < 4.78 is 25.0. The van der Waals surface area contributed by atoms with Crippen molar-refractivity contribution in [1.82, 2.24) is 0 Å². The molecular weight excluding hydrogens is 332 g/mol. The van der Waals surface area contributed by atoms with Gasteiger partial charge in [0.2, 0.25) is 9.84 Å². The van der Waals surface area contributed by atoms with Crippen LogP contribution in [0.4, 0.5) is 0 Å². The molecule has 1 aromatic rings. The second-order valence-electron chi connectivity index (χ2n) is 7.49. The van der Waals surface area contributed by atoms with Crippen molar-refractivity contribution >= 4 is 9.84 Å². The van der Waals surface area contributed by atoms with Gasteiger partial charge in [-0.1, -0.05) is 82.9 Å². The van der Waals surface area contributed by atoms with Crippen LogP contribution in [0.5, 0.6) is 0 Å². The number of hydrogen-bond donors (Lipinski definition) is 1. The van der Waals surface area contributed by atoms with Crippen LogP contribution in [0.1, 0.15) is 90.5 Å². The smallest absolute Gasteiger partial charge is 0.207 e. The van der Waals surface area contributed by atoms with Crippen LogP contribution in [0, 0.1) is 0 Å². The molecule has 4 heteroatoms. The first-order valence-electron chi connectivity index (χ1n) is 9.85. The van der Waals surface area contributed by atoms with E-state index in [1.54, 1.807) is 12.1 Å². The number of rotatable bonds is 13. The Bertz CT molecular complexity index is 585. The normalized spacial score (nSPS) is 12.5. The topological polar surface area (TPSA) is 54.4 Å². The molecule has 0 bridgehead atoms. The fourth-order valence-corrected chi connectivity index (χ4v) is 4.36. The zero-order valence-corrected chi connectivity index (χ0v) is 17.1. The largest absolute Gasteiger partial charge is 0.374 e. The lowest BCUT2D eigenvalue weighted by Gasteiger charge is -2.20. The Morgan fingerprint density at radius 3 is 1.84 bits per heavy atom. The minimum atomic E-state index is -3.71. The molecule has 0 spiro atoms. The van der Waals surface area contributed by atoms with Gasteiger partial charge in [0.05, 0.1) is 4.90 Å². The highest BCUT2D eigenvalue weighted by Crippen LogP contribution is 2.27. The molecule has 1 N–H and O–H groups in total. The summed E-state index contributed by atoms with van der Waals surface area (Å²) in [6.45, 7) is 4.91. The third-order valence-electron chi connectivity index (χ3n) is 4.72. The fraction of sp³-hybridized carbons (Fsp3) is 0.714. The van der Waals surface area contributed by atoms with Crippen LogP contribution in [-0.4, -0.2) is 18.5 Å². The molecular formula is C21H36O3S. The maximum Gasteiger partial charge on any atom is 0.207 e. The van der Waals surface area contributed by atoms with E-state index in [1.807, 2.05) is 12.1 Å². The summed E-state index contributed by atoms with van der Waals surface area (Å²) in [5.74, 6) is 0. The zero-order chi connectivity index (χ0) is 18.8. The summed E-state index contributed by atoms with van der Waals surface area (Å²) in [5.41, 5.74) is 0.823. The molecule has 0 unspecified atom stereocenters. The van der Waals surface area contributed by atoms with Crippen LogP contribution >= 0.6 is 0 Å². The first kappa shape index (κ1) is 22.2. The standard InChI is InChI=1S/C21H36O3S/c1-4-5-6-7-8-9-10-11-12-13-16-19-17-14-15-18-20(19)25(23,24)21(2,3)22/h14-15,17-18,22H,4-13,16H2,1-3H3. The molecule has 0 heterocycles. The molecule has 25 heavy (non-hydrogen) atoms. The van der Waals surface area contributed by atoms with Crippen LogP contribution < -0.4 is 0 Å². The number of hydrogen-bond acceptors (Lipinski definition) is 3. The number of aryl methyl sites for hydroxylation is 1. The third-order valence-corrected chi connectivity index (χ3v) is 7.01. The van der Waals surface area contributed by atoms with Crippen molar-refractivity contribution in [2.24, 2.45) is 0 Å². The number of benzene rings is 1. The molecule has 1 rings (SSSR count). The molecule has 0 aliphatic carbocycles. The quantitative estimate of drug-likeness (QED) is 0.458. The van der Waals surface area contributed by atoms with Crippen molar-refractivity contribution < 1.29 is 13.5 Å². The Morgan fingerprint density at radius 2 is 1.32 bits per heavy atom. The van der Waals surface area contributed by atoms with Gasteiger partial charge in [-0.05, 0) is 38.3 Å². The molecule has 0 aliphatic heterocycles. The molecule has 0 radical (unpaired) electrons. The Labute approximate surface area is 154 Å². The van der Waals surface area contributed by atoms with E-state index in [0.717, 1.165) is 24.8 Å². The van der Waals surface area contributed by atoms with Crippen LogP contribution in [0.15, 0.2) is 29.2 Å². The predicted molar refractivity (Wildman–Crippen MR) is 105 cm³/mol. The van der Waals surface area contributed by atoms with Crippen LogP contribution in [0.25, 0.3) is 0 Å². The molecule has 0 atom stereocenters. The molecule has 0 fully saturated rings. The van der Waals surface area contributed by atoms with Crippen molar-refractivity contribution in [3.63, 3.8) is 0 Å². The summed E-state index contributed by atoms with van der Waals surface area (Å²) in [6.07, 6.45) is 13.4. The third kappa shape index (κ3) is 7.49. The van der Waals surface area contributed by atoms with Gasteiger partial charge in [0.15, 0.2) is 4.93 Å². The van der Waals surface area contributed by atoms with Gasteiger partial charge in [0.1, 0.15) is 0 Å². The molecule has 1 aromatic carbocycles. The van der Waals surface area contributed by atoms with Gasteiger partial charge in [-0.3, -0.25) is 0 Å². The highest BCUT2D eigenvalue weighted by Gasteiger charge is 2.34. The Balaban J connectivity index is 2.37. The van der Waals surface area contributed by atoms with Crippen molar-refractivity contribution in [1.29, 1.82) is 0 Å². The van der Waals surface area contributed by atoms with Gasteiger partial charge < -0.3 is 5.11 Å². The van der Waals surface area contributed by atoms with E-state index >= 15 is 0 Å². The minimum absolute atomic E-state index is 0.276. The predicted octanol–water partition coefficient (Wildman–Crippen LogP) is 5.65. The molecule has 0 saturated carbocycles. The van der Waals surface area contributed by atoms with Crippen LogP contribution in [0.2, 0.25) is 0 Å². The lowest BCUT2D eigenvalue weighted by atomic mass is 10.0. The van der Waals surface area contributed by atoms with E-state index < -0.39 is 14.8 Å². The van der Waals surface area contributed by atoms with Crippen molar-refractivity contribution in [3.05, 3.63) is 29.8 Å². The van der Waals surface area contributed by atoms with Crippen LogP contribution in [0.3, 0.4) is 0 Å². The van der Waals surface area contributed by atoms with Gasteiger partial charge in [-0.2, -0.15) is 0 Å². The molecule has 0 amide bonds. The van der Waals surface area contributed by atoms with E-state index in [-0.39, 0.29) is 4.90 Å². The Hall–Kier alpha value is -0.870. The summed E-state index contributed by atoms with van der Waals surface area (Å²) in [6, 6.07) is 7.07. The highest BCUT2D eigenvalue weighted by molar-refractivity contribution is 7.92. The lowest BCUT2D eigenvalue weighted by Crippen LogP contribution is -2.32. The molecule has 0 aromatic heterocycles. The number of unbranched alkanes of at least 4 members (excludes halogenated alkanes) is 9.